The molecule has 0 saturated carbocycles. The average Bonchev–Trinajstić information content (AvgIpc) is 2.70. The van der Waals surface area contributed by atoms with Crippen molar-refractivity contribution in [3.8, 4) is 0 Å². The molecule has 2 rings (SSSR count). The van der Waals surface area contributed by atoms with E-state index in [0.29, 0.717) is 0 Å². The zero-order valence-electron chi connectivity index (χ0n) is 10.4. The van der Waals surface area contributed by atoms with Crippen molar-refractivity contribution < 1.29 is 0 Å². The molecule has 88 valence electrons. The summed E-state index contributed by atoms with van der Waals surface area (Å²) in [6.07, 6.45) is 1.20. The maximum atomic E-state index is 3.39. The fourth-order valence-electron chi connectivity index (χ4n) is 1.99. The third kappa shape index (κ3) is 3.02. The van der Waals surface area contributed by atoms with Crippen molar-refractivity contribution >= 4 is 11.8 Å². The minimum atomic E-state index is 0.266. The van der Waals surface area contributed by atoms with Gasteiger partial charge in [0.2, 0.25) is 0 Å². The molecule has 0 aliphatic carbocycles. The lowest BCUT2D eigenvalue weighted by Gasteiger charge is -2.19. The van der Waals surface area contributed by atoms with Crippen molar-refractivity contribution in [2.45, 2.75) is 37.9 Å². The van der Waals surface area contributed by atoms with Crippen molar-refractivity contribution in [1.82, 2.24) is 5.32 Å². The van der Waals surface area contributed by atoms with Crippen LogP contribution in [0.1, 0.15) is 31.9 Å². The summed E-state index contributed by atoms with van der Waals surface area (Å²) in [7, 11) is 0. The van der Waals surface area contributed by atoms with Gasteiger partial charge in [-0.05, 0) is 23.0 Å². The average molecular weight is 235 g/mol. The molecule has 2 heteroatoms. The maximum Gasteiger partial charge on any atom is 0.0421 e. The molecule has 0 amide bonds. The van der Waals surface area contributed by atoms with Gasteiger partial charge in [-0.15, -0.1) is 11.8 Å². The summed E-state index contributed by atoms with van der Waals surface area (Å²) in [5.41, 5.74) is 3.16. The van der Waals surface area contributed by atoms with Crippen LogP contribution in [0.3, 0.4) is 0 Å². The van der Waals surface area contributed by atoms with E-state index < -0.39 is 0 Å². The van der Waals surface area contributed by atoms with Crippen LogP contribution in [0, 0.1) is 0 Å². The Bertz CT molecular complexity index is 331. The summed E-state index contributed by atoms with van der Waals surface area (Å²) >= 11 is 2.04. The lowest BCUT2D eigenvalue weighted by atomic mass is 9.86. The molecule has 0 radical (unpaired) electrons. The lowest BCUT2D eigenvalue weighted by molar-refractivity contribution is 0.590. The number of rotatable bonds is 2. The van der Waals surface area contributed by atoms with E-state index >= 15 is 0 Å². The summed E-state index contributed by atoms with van der Waals surface area (Å²) in [6.45, 7) is 7.95. The minimum absolute atomic E-state index is 0.266. The topological polar surface area (TPSA) is 12.0 Å². The van der Waals surface area contributed by atoms with Gasteiger partial charge in [-0.1, -0.05) is 45.0 Å². The fraction of sp³-hybridized carbons (Fsp3) is 0.571. The van der Waals surface area contributed by atoms with Crippen molar-refractivity contribution in [3.63, 3.8) is 0 Å². The second kappa shape index (κ2) is 4.80. The summed E-state index contributed by atoms with van der Waals surface area (Å²) in [4.78, 5) is 0. The van der Waals surface area contributed by atoms with E-state index in [1.54, 1.807) is 0 Å². The van der Waals surface area contributed by atoms with Crippen molar-refractivity contribution in [2.75, 3.05) is 12.4 Å². The normalized spacial score (nSPS) is 21.3. The Morgan fingerprint density at radius 1 is 1.25 bits per heavy atom. The molecule has 1 nitrogen and oxygen atoms in total. The van der Waals surface area contributed by atoms with E-state index in [1.807, 2.05) is 11.8 Å². The van der Waals surface area contributed by atoms with Gasteiger partial charge in [0.25, 0.3) is 0 Å². The van der Waals surface area contributed by atoms with Crippen LogP contribution in [0.2, 0.25) is 0 Å². The van der Waals surface area contributed by atoms with Crippen LogP contribution in [0.4, 0.5) is 0 Å². The van der Waals surface area contributed by atoms with Crippen molar-refractivity contribution in [1.29, 1.82) is 0 Å². The highest BCUT2D eigenvalue weighted by Gasteiger charge is 2.16. The van der Waals surface area contributed by atoms with E-state index in [4.69, 9.17) is 0 Å². The molecule has 1 aromatic carbocycles. The van der Waals surface area contributed by atoms with Gasteiger partial charge in [0.05, 0.1) is 0 Å². The largest absolute Gasteiger partial charge is 0.307 e. The van der Waals surface area contributed by atoms with Gasteiger partial charge in [0.1, 0.15) is 0 Å². The van der Waals surface area contributed by atoms with Gasteiger partial charge in [-0.3, -0.25) is 0 Å². The summed E-state index contributed by atoms with van der Waals surface area (Å²) in [5.74, 6) is 1.12. The van der Waals surface area contributed by atoms with Crippen LogP contribution >= 0.6 is 11.8 Å². The monoisotopic (exact) mass is 235 g/mol. The Kier molecular flexibility index (Phi) is 3.60. The Labute approximate surface area is 103 Å². The zero-order valence-corrected chi connectivity index (χ0v) is 11.2. The first-order chi connectivity index (χ1) is 7.55. The van der Waals surface area contributed by atoms with Crippen LogP contribution in [0.25, 0.3) is 0 Å². The Hall–Kier alpha value is -0.470. The molecule has 1 unspecified atom stereocenters. The third-order valence-electron chi connectivity index (χ3n) is 3.08. The highest BCUT2D eigenvalue weighted by atomic mass is 32.2. The smallest absolute Gasteiger partial charge is 0.0421 e. The summed E-state index contributed by atoms with van der Waals surface area (Å²) in [6, 6.07) is 9.14. The second-order valence-electron chi connectivity index (χ2n) is 5.54. The van der Waals surface area contributed by atoms with E-state index in [1.165, 1.54) is 17.5 Å². The molecule has 0 bridgehead atoms. The molecule has 0 aromatic heterocycles. The molecule has 1 aromatic rings. The number of benzene rings is 1. The van der Waals surface area contributed by atoms with Gasteiger partial charge < -0.3 is 5.32 Å². The van der Waals surface area contributed by atoms with Gasteiger partial charge >= 0.3 is 0 Å². The molecule has 1 fully saturated rings. The van der Waals surface area contributed by atoms with Crippen LogP contribution < -0.4 is 5.32 Å². The first-order valence-electron chi connectivity index (χ1n) is 5.97. The summed E-state index contributed by atoms with van der Waals surface area (Å²) < 4.78 is 0. The molecule has 1 aliphatic heterocycles. The molecule has 0 spiro atoms. The molecular formula is C14H21NS. The van der Waals surface area contributed by atoms with Crippen LogP contribution in [0.15, 0.2) is 24.3 Å². The van der Waals surface area contributed by atoms with Crippen molar-refractivity contribution in [3.05, 3.63) is 35.4 Å². The Morgan fingerprint density at radius 2 is 1.94 bits per heavy atom. The highest BCUT2D eigenvalue weighted by Crippen LogP contribution is 2.24. The van der Waals surface area contributed by atoms with Gasteiger partial charge in [0, 0.05) is 17.7 Å². The molecule has 1 atom stereocenters. The van der Waals surface area contributed by atoms with E-state index in [0.717, 1.165) is 17.7 Å². The predicted molar refractivity (Wildman–Crippen MR) is 73.1 cm³/mol. The first kappa shape index (κ1) is 12.0. The van der Waals surface area contributed by atoms with Gasteiger partial charge in [0.15, 0.2) is 0 Å². The Balaban J connectivity index is 2.01. The standard InChI is InChI=1S/C14H21NS/c1-14(2,3)12-6-4-11(5-7-12)8-13-9-15-10-16-13/h4-7,13,15H,8-10H2,1-3H3. The number of nitrogens with one attached hydrogen (secondary N) is 1. The number of thioether (sulfide) groups is 1. The van der Waals surface area contributed by atoms with E-state index in [-0.39, 0.29) is 5.41 Å². The Morgan fingerprint density at radius 3 is 2.44 bits per heavy atom. The number of hydrogen-bond acceptors (Lipinski definition) is 2. The van der Waals surface area contributed by atoms with Crippen molar-refractivity contribution in [2.24, 2.45) is 0 Å². The molecule has 16 heavy (non-hydrogen) atoms. The summed E-state index contributed by atoms with van der Waals surface area (Å²) in [5, 5.41) is 4.16. The van der Waals surface area contributed by atoms with Crippen LogP contribution in [-0.4, -0.2) is 17.7 Å². The molecule has 1 saturated heterocycles. The molecule has 1 heterocycles. The fourth-order valence-corrected chi connectivity index (χ4v) is 3.01. The maximum absolute atomic E-state index is 3.39. The van der Waals surface area contributed by atoms with Gasteiger partial charge in [-0.25, -0.2) is 0 Å². The van der Waals surface area contributed by atoms with Crippen LogP contribution in [-0.2, 0) is 11.8 Å². The highest BCUT2D eigenvalue weighted by molar-refractivity contribution is 8.00. The lowest BCUT2D eigenvalue weighted by Crippen LogP contribution is -2.15. The predicted octanol–water partition coefficient (Wildman–Crippen LogP) is 3.19. The van der Waals surface area contributed by atoms with Crippen LogP contribution in [0.5, 0.6) is 0 Å². The molecule has 1 aliphatic rings. The molecule has 1 N–H and O–H groups in total. The minimum Gasteiger partial charge on any atom is -0.307 e. The number of hydrogen-bond donors (Lipinski definition) is 1. The zero-order chi connectivity index (χ0) is 11.6. The third-order valence-corrected chi connectivity index (χ3v) is 4.25. The first-order valence-corrected chi connectivity index (χ1v) is 7.02. The molecular weight excluding hydrogens is 214 g/mol. The van der Waals surface area contributed by atoms with E-state index in [9.17, 15) is 0 Å². The van der Waals surface area contributed by atoms with E-state index in [2.05, 4.69) is 50.4 Å². The van der Waals surface area contributed by atoms with Gasteiger partial charge in [-0.2, -0.15) is 0 Å². The quantitative estimate of drug-likeness (QED) is 0.845. The SMILES string of the molecule is CC(C)(C)c1ccc(CC2CNCS2)cc1. The second-order valence-corrected chi connectivity index (χ2v) is 6.83.